The van der Waals surface area contributed by atoms with Gasteiger partial charge in [-0.1, -0.05) is 12.1 Å². The normalized spacial score (nSPS) is 17.2. The first-order valence-corrected chi connectivity index (χ1v) is 9.38. The molecule has 1 aliphatic rings. The van der Waals surface area contributed by atoms with Gasteiger partial charge in [0.2, 0.25) is 0 Å². The summed E-state index contributed by atoms with van der Waals surface area (Å²) in [5.41, 5.74) is 3.80. The van der Waals surface area contributed by atoms with Crippen LogP contribution in [0.1, 0.15) is 17.5 Å². The van der Waals surface area contributed by atoms with E-state index in [9.17, 15) is 15.2 Å². The highest BCUT2D eigenvalue weighted by Crippen LogP contribution is 2.25. The Morgan fingerprint density at radius 1 is 1.25 bits per heavy atom. The van der Waals surface area contributed by atoms with E-state index in [1.165, 1.54) is 0 Å². The van der Waals surface area contributed by atoms with Gasteiger partial charge in [-0.15, -0.1) is 0 Å². The highest BCUT2D eigenvalue weighted by Gasteiger charge is 2.20. The maximum atomic E-state index is 9.70. The third kappa shape index (κ3) is 3.86. The minimum atomic E-state index is -1.52. The van der Waals surface area contributed by atoms with E-state index in [2.05, 4.69) is 26.3 Å². The van der Waals surface area contributed by atoms with Crippen molar-refractivity contribution in [1.29, 1.82) is 0 Å². The molecule has 0 spiro atoms. The standard InChI is InChI=1S/C20H23BN4O3/c1-13-17(21(27)28)3-2-4-18(13)24-20-19-15(5-7-22-20)9-14(10-23-19)11-25-8-6-16(26)12-25/h2-5,7,9-10,16,26-28H,6,8,11-12H2,1H3,(H,22,24). The second-order valence-electron chi connectivity index (χ2n) is 7.27. The van der Waals surface area contributed by atoms with Gasteiger partial charge in [0.05, 0.1) is 6.10 Å². The molecule has 0 bridgehead atoms. The molecule has 1 unspecified atom stereocenters. The molecule has 1 aliphatic heterocycles. The zero-order valence-electron chi connectivity index (χ0n) is 15.7. The number of benzene rings is 1. The highest BCUT2D eigenvalue weighted by atomic mass is 16.4. The lowest BCUT2D eigenvalue weighted by Gasteiger charge is -2.16. The zero-order chi connectivity index (χ0) is 19.7. The predicted molar refractivity (Wildman–Crippen MR) is 110 cm³/mol. The summed E-state index contributed by atoms with van der Waals surface area (Å²) in [7, 11) is -1.52. The van der Waals surface area contributed by atoms with E-state index >= 15 is 0 Å². The largest absolute Gasteiger partial charge is 0.488 e. The number of aromatic nitrogens is 2. The van der Waals surface area contributed by atoms with Crippen molar-refractivity contribution in [2.45, 2.75) is 26.0 Å². The zero-order valence-corrected chi connectivity index (χ0v) is 15.7. The van der Waals surface area contributed by atoms with Gasteiger partial charge < -0.3 is 20.5 Å². The smallest absolute Gasteiger partial charge is 0.423 e. The maximum absolute atomic E-state index is 9.70. The Balaban J connectivity index is 1.61. The fraction of sp³-hybridized carbons (Fsp3) is 0.300. The number of aliphatic hydroxyl groups is 1. The summed E-state index contributed by atoms with van der Waals surface area (Å²) in [6.45, 7) is 4.20. The molecule has 0 amide bonds. The molecule has 4 N–H and O–H groups in total. The highest BCUT2D eigenvalue weighted by molar-refractivity contribution is 6.59. The number of nitrogens with one attached hydrogen (secondary N) is 1. The van der Waals surface area contributed by atoms with Crippen molar-refractivity contribution in [1.82, 2.24) is 14.9 Å². The fourth-order valence-corrected chi connectivity index (χ4v) is 3.69. The number of β-amino-alcohol motifs (C(OH)–C–C–N with tert-alkyl or cyclic N) is 1. The van der Waals surface area contributed by atoms with Gasteiger partial charge >= 0.3 is 7.12 Å². The lowest BCUT2D eigenvalue weighted by molar-refractivity contribution is 0.175. The SMILES string of the molecule is Cc1c(Nc2nccc3cc(CN4CCC(O)C4)cnc23)cccc1B(O)O. The molecule has 7 nitrogen and oxygen atoms in total. The topological polar surface area (TPSA) is 102 Å². The summed E-state index contributed by atoms with van der Waals surface area (Å²) in [5, 5.41) is 33.0. The Kier molecular flexibility index (Phi) is 5.28. The van der Waals surface area contributed by atoms with Crippen LogP contribution in [0.5, 0.6) is 0 Å². The average Bonchev–Trinajstić information content (AvgIpc) is 3.08. The van der Waals surface area contributed by atoms with Crippen LogP contribution >= 0.6 is 0 Å². The third-order valence-corrected chi connectivity index (χ3v) is 5.22. The van der Waals surface area contributed by atoms with Crippen LogP contribution in [-0.2, 0) is 6.54 Å². The Hall–Kier alpha value is -2.52. The van der Waals surface area contributed by atoms with Crippen LogP contribution in [-0.4, -0.2) is 56.3 Å². The second kappa shape index (κ2) is 7.85. The molecular weight excluding hydrogens is 355 g/mol. The summed E-state index contributed by atoms with van der Waals surface area (Å²) in [6.07, 6.45) is 4.17. The molecule has 28 heavy (non-hydrogen) atoms. The molecular formula is C20H23BN4O3. The van der Waals surface area contributed by atoms with Crippen molar-refractivity contribution in [3.05, 3.63) is 53.9 Å². The van der Waals surface area contributed by atoms with Crippen molar-refractivity contribution in [3.63, 3.8) is 0 Å². The molecule has 1 saturated heterocycles. The summed E-state index contributed by atoms with van der Waals surface area (Å²) in [5.74, 6) is 0.619. The van der Waals surface area contributed by atoms with Crippen LogP contribution in [0.15, 0.2) is 42.7 Å². The van der Waals surface area contributed by atoms with Gasteiger partial charge in [0, 0.05) is 43.1 Å². The van der Waals surface area contributed by atoms with Gasteiger partial charge in [-0.3, -0.25) is 9.88 Å². The Bertz CT molecular complexity index is 998. The van der Waals surface area contributed by atoms with E-state index in [1.807, 2.05) is 25.3 Å². The molecule has 1 atom stereocenters. The first-order chi connectivity index (χ1) is 13.5. The molecule has 0 aliphatic carbocycles. The number of hydrogen-bond acceptors (Lipinski definition) is 7. The molecule has 1 aromatic carbocycles. The van der Waals surface area contributed by atoms with Gasteiger partial charge in [-0.25, -0.2) is 4.98 Å². The maximum Gasteiger partial charge on any atom is 0.488 e. The summed E-state index contributed by atoms with van der Waals surface area (Å²) < 4.78 is 0. The number of nitrogens with zero attached hydrogens (tertiary/aromatic N) is 3. The molecule has 2 aromatic heterocycles. The molecule has 8 heteroatoms. The van der Waals surface area contributed by atoms with Gasteiger partial charge in [0.1, 0.15) is 5.52 Å². The van der Waals surface area contributed by atoms with E-state index < -0.39 is 7.12 Å². The number of hydrogen-bond donors (Lipinski definition) is 4. The van der Waals surface area contributed by atoms with E-state index in [-0.39, 0.29) is 6.10 Å². The molecule has 0 radical (unpaired) electrons. The van der Waals surface area contributed by atoms with Gasteiger partial charge in [-0.05, 0) is 48.1 Å². The van der Waals surface area contributed by atoms with Crippen molar-refractivity contribution < 1.29 is 15.2 Å². The second-order valence-corrected chi connectivity index (χ2v) is 7.27. The molecule has 0 saturated carbocycles. The minimum absolute atomic E-state index is 0.232. The van der Waals surface area contributed by atoms with Gasteiger partial charge in [0.15, 0.2) is 5.82 Å². The summed E-state index contributed by atoms with van der Waals surface area (Å²) >= 11 is 0. The van der Waals surface area contributed by atoms with Gasteiger partial charge in [0.25, 0.3) is 0 Å². The van der Waals surface area contributed by atoms with Crippen LogP contribution < -0.4 is 10.8 Å². The van der Waals surface area contributed by atoms with Crippen molar-refractivity contribution >= 4 is 35.0 Å². The van der Waals surface area contributed by atoms with Crippen LogP contribution in [0, 0.1) is 6.92 Å². The quantitative estimate of drug-likeness (QED) is 0.490. The van der Waals surface area contributed by atoms with E-state index in [0.29, 0.717) is 17.8 Å². The lowest BCUT2D eigenvalue weighted by atomic mass is 9.77. The van der Waals surface area contributed by atoms with Crippen LogP contribution in [0.3, 0.4) is 0 Å². The minimum Gasteiger partial charge on any atom is -0.423 e. The van der Waals surface area contributed by atoms with Crippen molar-refractivity contribution in [2.75, 3.05) is 18.4 Å². The van der Waals surface area contributed by atoms with Crippen LogP contribution in [0.2, 0.25) is 0 Å². The Morgan fingerprint density at radius 3 is 2.86 bits per heavy atom. The Labute approximate surface area is 163 Å². The van der Waals surface area contributed by atoms with Crippen LogP contribution in [0.4, 0.5) is 11.5 Å². The fourth-order valence-electron chi connectivity index (χ4n) is 3.69. The molecule has 1 fully saturated rings. The van der Waals surface area contributed by atoms with Gasteiger partial charge in [-0.2, -0.15) is 0 Å². The first-order valence-electron chi connectivity index (χ1n) is 9.38. The molecule has 144 valence electrons. The van der Waals surface area contributed by atoms with Crippen LogP contribution in [0.25, 0.3) is 10.9 Å². The third-order valence-electron chi connectivity index (χ3n) is 5.22. The first kappa shape index (κ1) is 18.8. The monoisotopic (exact) mass is 378 g/mol. The number of rotatable bonds is 5. The summed E-state index contributed by atoms with van der Waals surface area (Å²) in [6, 6.07) is 9.35. The molecule has 3 heterocycles. The van der Waals surface area contributed by atoms with E-state index in [1.54, 1.807) is 18.3 Å². The van der Waals surface area contributed by atoms with Crippen molar-refractivity contribution in [2.24, 2.45) is 0 Å². The number of anilines is 2. The molecule has 4 rings (SSSR count). The van der Waals surface area contributed by atoms with E-state index in [0.717, 1.165) is 47.2 Å². The predicted octanol–water partition coefficient (Wildman–Crippen LogP) is 0.928. The number of fused-ring (bicyclic) bond motifs is 1. The Morgan fingerprint density at radius 2 is 2.11 bits per heavy atom. The number of likely N-dealkylation sites (tertiary alicyclic amines) is 1. The number of pyridine rings is 2. The summed E-state index contributed by atoms with van der Waals surface area (Å²) in [4.78, 5) is 11.3. The lowest BCUT2D eigenvalue weighted by Crippen LogP contribution is -2.32. The average molecular weight is 378 g/mol. The van der Waals surface area contributed by atoms with E-state index in [4.69, 9.17) is 0 Å². The molecule has 3 aromatic rings. The number of aliphatic hydroxyl groups excluding tert-OH is 1. The van der Waals surface area contributed by atoms with Crippen molar-refractivity contribution in [3.8, 4) is 0 Å².